The molecule has 1 atom stereocenters. The Kier molecular flexibility index (Phi) is 3.88. The van der Waals surface area contributed by atoms with Crippen LogP contribution in [0.15, 0.2) is 29.3 Å². The molecule has 0 saturated carbocycles. The van der Waals surface area contributed by atoms with Gasteiger partial charge in [0.15, 0.2) is 3.95 Å². The number of thiazole rings is 1. The quantitative estimate of drug-likeness (QED) is 0.839. The number of rotatable bonds is 3. The minimum atomic E-state index is 0.150. The molecule has 4 rings (SSSR count). The highest BCUT2D eigenvalue weighted by molar-refractivity contribution is 7.73. The highest BCUT2D eigenvalue weighted by Gasteiger charge is 2.20. The number of nitrogens with zero attached hydrogens (tertiary/aromatic N) is 2. The van der Waals surface area contributed by atoms with Crippen molar-refractivity contribution < 1.29 is 9.84 Å². The van der Waals surface area contributed by atoms with E-state index in [1.807, 2.05) is 36.6 Å². The smallest absolute Gasteiger partial charge is 0.210 e. The van der Waals surface area contributed by atoms with Gasteiger partial charge in [-0.25, -0.2) is 0 Å². The van der Waals surface area contributed by atoms with E-state index in [1.54, 1.807) is 4.57 Å². The number of benzene rings is 1. The van der Waals surface area contributed by atoms with Gasteiger partial charge in [-0.3, -0.25) is 9.56 Å². The van der Waals surface area contributed by atoms with Crippen LogP contribution in [-0.4, -0.2) is 28.6 Å². The van der Waals surface area contributed by atoms with E-state index in [0.717, 1.165) is 41.1 Å². The minimum Gasteiger partial charge on any atom is -0.493 e. The number of fused-ring (bicyclic) bond motifs is 1. The average molecular weight is 344 g/mol. The summed E-state index contributed by atoms with van der Waals surface area (Å²) in [5, 5.41) is 10.5. The van der Waals surface area contributed by atoms with Crippen molar-refractivity contribution in [3.8, 4) is 5.88 Å². The number of allylic oxidation sites excluding steroid dienone is 1. The molecule has 1 aromatic heterocycles. The van der Waals surface area contributed by atoms with E-state index in [4.69, 9.17) is 17.0 Å². The number of ether oxygens (including phenoxy) is 1. The minimum absolute atomic E-state index is 0.150. The Morgan fingerprint density at radius 2 is 2.30 bits per heavy atom. The number of aromatic nitrogens is 1. The Balaban J connectivity index is 1.67. The number of hydrogen-bond acceptors (Lipinski definition) is 5. The summed E-state index contributed by atoms with van der Waals surface area (Å²) in [6.45, 7) is 1.42. The van der Waals surface area contributed by atoms with Crippen molar-refractivity contribution in [2.75, 3.05) is 6.61 Å². The van der Waals surface area contributed by atoms with Gasteiger partial charge in [0, 0.05) is 24.0 Å². The van der Waals surface area contributed by atoms with Crippen LogP contribution in [0.4, 0.5) is 5.69 Å². The summed E-state index contributed by atoms with van der Waals surface area (Å²) >= 11 is 6.84. The first-order valence-electron chi connectivity index (χ1n) is 7.62. The van der Waals surface area contributed by atoms with Gasteiger partial charge in [-0.15, -0.1) is 11.3 Å². The molecule has 0 spiro atoms. The second kappa shape index (κ2) is 6.03. The molecule has 0 amide bonds. The van der Waals surface area contributed by atoms with Gasteiger partial charge in [0.1, 0.15) is 0 Å². The maximum Gasteiger partial charge on any atom is 0.210 e. The fourth-order valence-corrected chi connectivity index (χ4v) is 4.23. The average Bonchev–Trinajstić information content (AvgIpc) is 3.26. The molecule has 2 aliphatic rings. The lowest BCUT2D eigenvalue weighted by atomic mass is 10.1. The fourth-order valence-electron chi connectivity index (χ4n) is 2.96. The molecule has 2 aliphatic heterocycles. The van der Waals surface area contributed by atoms with Crippen molar-refractivity contribution in [1.29, 1.82) is 0 Å². The molecule has 6 heteroatoms. The van der Waals surface area contributed by atoms with Crippen LogP contribution in [0.2, 0.25) is 0 Å². The van der Waals surface area contributed by atoms with Crippen LogP contribution in [0.5, 0.6) is 5.88 Å². The maximum atomic E-state index is 10.5. The Morgan fingerprint density at radius 1 is 1.43 bits per heavy atom. The highest BCUT2D eigenvalue weighted by atomic mass is 32.1. The lowest BCUT2D eigenvalue weighted by Crippen LogP contribution is -2.14. The van der Waals surface area contributed by atoms with Gasteiger partial charge in [0.05, 0.1) is 23.2 Å². The molecule has 1 fully saturated rings. The van der Waals surface area contributed by atoms with Crippen LogP contribution < -0.4 is 0 Å². The van der Waals surface area contributed by atoms with Crippen LogP contribution in [0.1, 0.15) is 23.3 Å². The molecule has 1 unspecified atom stereocenters. The van der Waals surface area contributed by atoms with Gasteiger partial charge in [0.25, 0.3) is 0 Å². The van der Waals surface area contributed by atoms with E-state index in [2.05, 4.69) is 4.99 Å². The molecule has 4 nitrogen and oxygen atoms in total. The Bertz CT molecular complexity index is 858. The third kappa shape index (κ3) is 2.78. The van der Waals surface area contributed by atoms with Gasteiger partial charge in [0.2, 0.25) is 5.88 Å². The lowest BCUT2D eigenvalue weighted by molar-refractivity contribution is 0.0948. The zero-order valence-corrected chi connectivity index (χ0v) is 14.1. The van der Waals surface area contributed by atoms with Gasteiger partial charge in [-0.05, 0) is 37.2 Å². The lowest BCUT2D eigenvalue weighted by Gasteiger charge is -2.11. The molecule has 1 aromatic carbocycles. The zero-order valence-electron chi connectivity index (χ0n) is 12.4. The van der Waals surface area contributed by atoms with Crippen LogP contribution in [0.25, 0.3) is 11.6 Å². The first-order chi connectivity index (χ1) is 11.2. The summed E-state index contributed by atoms with van der Waals surface area (Å²) in [5.74, 6) is 0.223. The van der Waals surface area contributed by atoms with E-state index in [0.29, 0.717) is 10.5 Å². The fraction of sp³-hybridized carbons (Fsp3) is 0.294. The maximum absolute atomic E-state index is 10.5. The van der Waals surface area contributed by atoms with Gasteiger partial charge >= 0.3 is 0 Å². The molecule has 118 valence electrons. The monoisotopic (exact) mass is 344 g/mol. The first kappa shape index (κ1) is 14.8. The van der Waals surface area contributed by atoms with E-state index in [9.17, 15) is 5.11 Å². The van der Waals surface area contributed by atoms with Crippen LogP contribution in [-0.2, 0) is 11.3 Å². The van der Waals surface area contributed by atoms with Crippen molar-refractivity contribution in [1.82, 2.24) is 4.57 Å². The molecule has 1 saturated heterocycles. The van der Waals surface area contributed by atoms with Crippen molar-refractivity contribution in [2.45, 2.75) is 25.5 Å². The third-order valence-corrected chi connectivity index (χ3v) is 5.53. The summed E-state index contributed by atoms with van der Waals surface area (Å²) in [6, 6.07) is 7.98. The van der Waals surface area contributed by atoms with Gasteiger partial charge < -0.3 is 9.84 Å². The highest BCUT2D eigenvalue weighted by Crippen LogP contribution is 2.36. The standard InChI is InChI=1S/C17H16N2O2S2/c20-16-15(8-11-9-18-14-6-2-1-5-13(11)14)23-17(22)19(16)10-12-4-3-7-21-12/h1-2,5-6,8-9,12,20H,3-4,7,10H2/b11-8+. The van der Waals surface area contributed by atoms with Crippen LogP contribution in [0, 0.1) is 3.95 Å². The van der Waals surface area contributed by atoms with Crippen LogP contribution in [0.3, 0.4) is 0 Å². The molecular weight excluding hydrogens is 328 g/mol. The molecule has 0 aliphatic carbocycles. The first-order valence-corrected chi connectivity index (χ1v) is 8.84. The summed E-state index contributed by atoms with van der Waals surface area (Å²) in [5.41, 5.74) is 3.04. The third-order valence-electron chi connectivity index (χ3n) is 4.15. The second-order valence-corrected chi connectivity index (χ2v) is 7.35. The normalized spacial score (nSPS) is 21.2. The Labute approximate surface area is 143 Å². The Hall–Kier alpha value is -1.76. The summed E-state index contributed by atoms with van der Waals surface area (Å²) in [4.78, 5) is 5.17. The summed E-state index contributed by atoms with van der Waals surface area (Å²) in [7, 11) is 0. The zero-order chi connectivity index (χ0) is 15.8. The topological polar surface area (TPSA) is 46.8 Å². The predicted octanol–water partition coefficient (Wildman–Crippen LogP) is 4.42. The van der Waals surface area contributed by atoms with Gasteiger partial charge in [-0.1, -0.05) is 18.2 Å². The van der Waals surface area contributed by atoms with E-state index in [-0.39, 0.29) is 12.0 Å². The number of aromatic hydroxyl groups is 1. The van der Waals surface area contributed by atoms with E-state index >= 15 is 0 Å². The second-order valence-electron chi connectivity index (χ2n) is 5.68. The van der Waals surface area contributed by atoms with Crippen LogP contribution >= 0.6 is 23.6 Å². The molecule has 3 heterocycles. The molecular formula is C17H16N2O2S2. The van der Waals surface area contributed by atoms with E-state index < -0.39 is 0 Å². The molecule has 2 aromatic rings. The molecule has 0 radical (unpaired) electrons. The van der Waals surface area contributed by atoms with Gasteiger partial charge in [-0.2, -0.15) is 0 Å². The van der Waals surface area contributed by atoms with Crippen molar-refractivity contribution in [3.05, 3.63) is 38.7 Å². The number of hydrogen-bond donors (Lipinski definition) is 1. The SMILES string of the molecule is Oc1c(/C=C2\C=Nc3ccccc32)sc(=S)n1CC1CCCO1. The summed E-state index contributed by atoms with van der Waals surface area (Å²) in [6.07, 6.45) is 6.03. The largest absolute Gasteiger partial charge is 0.493 e. The van der Waals surface area contributed by atoms with Crippen molar-refractivity contribution >= 4 is 47.1 Å². The van der Waals surface area contributed by atoms with E-state index in [1.165, 1.54) is 11.3 Å². The number of para-hydroxylation sites is 1. The molecule has 0 bridgehead atoms. The number of aliphatic imine (C=N–C) groups is 1. The predicted molar refractivity (Wildman–Crippen MR) is 96.2 cm³/mol. The van der Waals surface area contributed by atoms with Crippen molar-refractivity contribution in [3.63, 3.8) is 0 Å². The molecule has 23 heavy (non-hydrogen) atoms. The van der Waals surface area contributed by atoms with Crippen molar-refractivity contribution in [2.24, 2.45) is 4.99 Å². The summed E-state index contributed by atoms with van der Waals surface area (Å²) < 4.78 is 8.10. The molecule has 1 N–H and O–H groups in total. The Morgan fingerprint density at radius 3 is 3.13 bits per heavy atom.